The van der Waals surface area contributed by atoms with Crippen LogP contribution < -0.4 is 10.1 Å². The second-order valence-electron chi connectivity index (χ2n) is 5.59. The zero-order valence-corrected chi connectivity index (χ0v) is 13.8. The van der Waals surface area contributed by atoms with Gasteiger partial charge in [-0.05, 0) is 42.0 Å². The number of hydrogen-bond acceptors (Lipinski definition) is 4. The third-order valence-corrected chi connectivity index (χ3v) is 3.60. The van der Waals surface area contributed by atoms with Crippen molar-refractivity contribution in [3.63, 3.8) is 0 Å². The van der Waals surface area contributed by atoms with Gasteiger partial charge in [0.1, 0.15) is 11.5 Å². The van der Waals surface area contributed by atoms with Crippen LogP contribution in [0.2, 0.25) is 0 Å². The van der Waals surface area contributed by atoms with Gasteiger partial charge in [0.25, 0.3) is 5.69 Å². The van der Waals surface area contributed by atoms with E-state index in [9.17, 15) is 14.9 Å². The Hall–Kier alpha value is -3.67. The number of rotatable bonds is 6. The second-order valence-corrected chi connectivity index (χ2v) is 5.59. The van der Waals surface area contributed by atoms with Crippen molar-refractivity contribution in [2.24, 2.45) is 0 Å². The lowest BCUT2D eigenvalue weighted by Gasteiger charge is -2.08. The smallest absolute Gasteiger partial charge is 0.269 e. The Morgan fingerprint density at radius 2 is 1.62 bits per heavy atom. The van der Waals surface area contributed by atoms with Gasteiger partial charge in [-0.25, -0.2) is 0 Å². The summed E-state index contributed by atoms with van der Waals surface area (Å²) in [6.45, 7) is 0. The Labute approximate surface area is 150 Å². The van der Waals surface area contributed by atoms with Crippen LogP contribution in [0.1, 0.15) is 5.56 Å². The van der Waals surface area contributed by atoms with E-state index in [0.29, 0.717) is 11.4 Å². The molecule has 3 rings (SSSR count). The molecule has 0 unspecified atom stereocenters. The van der Waals surface area contributed by atoms with Crippen LogP contribution in [0.25, 0.3) is 0 Å². The van der Waals surface area contributed by atoms with Crippen LogP contribution in [0.4, 0.5) is 11.4 Å². The SMILES string of the molecule is O=C(Cc1cccc(Oc2ccccc2)c1)Nc1ccc([N+](=O)[O-])cc1. The van der Waals surface area contributed by atoms with E-state index >= 15 is 0 Å². The topological polar surface area (TPSA) is 81.5 Å². The van der Waals surface area contributed by atoms with Crippen molar-refractivity contribution in [3.05, 3.63) is 94.5 Å². The van der Waals surface area contributed by atoms with Crippen LogP contribution >= 0.6 is 0 Å². The maximum absolute atomic E-state index is 12.2. The van der Waals surface area contributed by atoms with Gasteiger partial charge in [0, 0.05) is 17.8 Å². The van der Waals surface area contributed by atoms with Crippen molar-refractivity contribution in [3.8, 4) is 11.5 Å². The number of carbonyl (C=O) groups excluding carboxylic acids is 1. The Balaban J connectivity index is 1.62. The molecular formula is C20H16N2O4. The first-order chi connectivity index (χ1) is 12.6. The first-order valence-electron chi connectivity index (χ1n) is 7.96. The molecule has 1 amide bonds. The minimum Gasteiger partial charge on any atom is -0.457 e. The summed E-state index contributed by atoms with van der Waals surface area (Å²) in [5, 5.41) is 13.4. The Morgan fingerprint density at radius 3 is 2.31 bits per heavy atom. The summed E-state index contributed by atoms with van der Waals surface area (Å²) >= 11 is 0. The van der Waals surface area contributed by atoms with Gasteiger partial charge in [-0.2, -0.15) is 0 Å². The molecule has 26 heavy (non-hydrogen) atoms. The fourth-order valence-electron chi connectivity index (χ4n) is 2.40. The molecular weight excluding hydrogens is 332 g/mol. The van der Waals surface area contributed by atoms with Gasteiger partial charge >= 0.3 is 0 Å². The molecule has 0 heterocycles. The van der Waals surface area contributed by atoms with Crippen LogP contribution in [0.5, 0.6) is 11.5 Å². The number of anilines is 1. The van der Waals surface area contributed by atoms with E-state index in [0.717, 1.165) is 11.3 Å². The number of amides is 1. The molecule has 0 atom stereocenters. The summed E-state index contributed by atoms with van der Waals surface area (Å²) in [7, 11) is 0. The number of carbonyl (C=O) groups is 1. The van der Waals surface area contributed by atoms with Crippen LogP contribution in [0, 0.1) is 10.1 Å². The summed E-state index contributed by atoms with van der Waals surface area (Å²) in [5.41, 5.74) is 1.30. The molecule has 3 aromatic rings. The van der Waals surface area contributed by atoms with Gasteiger partial charge in [-0.1, -0.05) is 30.3 Å². The second kappa shape index (κ2) is 7.94. The van der Waals surface area contributed by atoms with E-state index in [1.54, 1.807) is 0 Å². The first-order valence-corrected chi connectivity index (χ1v) is 7.96. The molecule has 0 aliphatic rings. The zero-order chi connectivity index (χ0) is 18.4. The van der Waals surface area contributed by atoms with Gasteiger partial charge in [-0.3, -0.25) is 14.9 Å². The number of nitro benzene ring substituents is 1. The van der Waals surface area contributed by atoms with Crippen LogP contribution in [0.3, 0.4) is 0 Å². The number of nitrogens with zero attached hydrogens (tertiary/aromatic N) is 1. The summed E-state index contributed by atoms with van der Waals surface area (Å²) < 4.78 is 5.76. The van der Waals surface area contributed by atoms with E-state index in [1.807, 2.05) is 54.6 Å². The molecule has 0 aliphatic carbocycles. The van der Waals surface area contributed by atoms with Crippen molar-refractivity contribution >= 4 is 17.3 Å². The molecule has 0 bridgehead atoms. The standard InChI is InChI=1S/C20H16N2O4/c23-20(21-16-9-11-17(12-10-16)22(24)25)14-15-5-4-8-19(13-15)26-18-6-2-1-3-7-18/h1-13H,14H2,(H,21,23). The number of nitrogens with one attached hydrogen (secondary N) is 1. The maximum atomic E-state index is 12.2. The summed E-state index contributed by atoms with van der Waals surface area (Å²) in [6, 6.07) is 22.4. The van der Waals surface area contributed by atoms with E-state index in [-0.39, 0.29) is 18.0 Å². The first kappa shape index (κ1) is 17.2. The molecule has 0 fully saturated rings. The van der Waals surface area contributed by atoms with Gasteiger partial charge in [0.2, 0.25) is 5.91 Å². The Morgan fingerprint density at radius 1 is 0.923 bits per heavy atom. The lowest BCUT2D eigenvalue weighted by molar-refractivity contribution is -0.384. The lowest BCUT2D eigenvalue weighted by Crippen LogP contribution is -2.14. The van der Waals surface area contributed by atoms with Crippen LogP contribution in [-0.4, -0.2) is 10.8 Å². The Kier molecular flexibility index (Phi) is 5.24. The molecule has 0 spiro atoms. The van der Waals surface area contributed by atoms with E-state index in [2.05, 4.69) is 5.32 Å². The van der Waals surface area contributed by atoms with E-state index in [4.69, 9.17) is 4.74 Å². The molecule has 0 aromatic heterocycles. The maximum Gasteiger partial charge on any atom is 0.269 e. The Bertz CT molecular complexity index is 909. The van der Waals surface area contributed by atoms with Gasteiger partial charge in [0.15, 0.2) is 0 Å². The molecule has 6 heteroatoms. The monoisotopic (exact) mass is 348 g/mol. The van der Waals surface area contributed by atoms with Gasteiger partial charge in [-0.15, -0.1) is 0 Å². The fraction of sp³-hybridized carbons (Fsp3) is 0.0500. The molecule has 0 saturated heterocycles. The van der Waals surface area contributed by atoms with Gasteiger partial charge in [0.05, 0.1) is 11.3 Å². The summed E-state index contributed by atoms with van der Waals surface area (Å²) in [6.07, 6.45) is 0.170. The zero-order valence-electron chi connectivity index (χ0n) is 13.8. The quantitative estimate of drug-likeness (QED) is 0.523. The van der Waals surface area contributed by atoms with Gasteiger partial charge < -0.3 is 10.1 Å². The minimum absolute atomic E-state index is 0.0197. The highest BCUT2D eigenvalue weighted by Gasteiger charge is 2.08. The van der Waals surface area contributed by atoms with Crippen molar-refractivity contribution in [2.45, 2.75) is 6.42 Å². The highest BCUT2D eigenvalue weighted by Crippen LogP contribution is 2.22. The van der Waals surface area contributed by atoms with Crippen molar-refractivity contribution in [1.82, 2.24) is 0 Å². The minimum atomic E-state index is -0.482. The fourth-order valence-corrected chi connectivity index (χ4v) is 2.40. The van der Waals surface area contributed by atoms with E-state index in [1.165, 1.54) is 24.3 Å². The number of non-ortho nitro benzene ring substituents is 1. The predicted molar refractivity (Wildman–Crippen MR) is 98.4 cm³/mol. The molecule has 0 aliphatic heterocycles. The molecule has 1 N–H and O–H groups in total. The molecule has 6 nitrogen and oxygen atoms in total. The predicted octanol–water partition coefficient (Wildman–Crippen LogP) is 4.57. The number of hydrogen-bond donors (Lipinski definition) is 1. The average molecular weight is 348 g/mol. The van der Waals surface area contributed by atoms with Crippen LogP contribution in [-0.2, 0) is 11.2 Å². The number of para-hydroxylation sites is 1. The molecule has 0 saturated carbocycles. The van der Waals surface area contributed by atoms with Crippen LogP contribution in [0.15, 0.2) is 78.9 Å². The average Bonchev–Trinajstić information content (AvgIpc) is 2.63. The number of nitro groups is 1. The normalized spacial score (nSPS) is 10.2. The highest BCUT2D eigenvalue weighted by atomic mass is 16.6. The third kappa shape index (κ3) is 4.67. The third-order valence-electron chi connectivity index (χ3n) is 3.60. The largest absolute Gasteiger partial charge is 0.457 e. The number of benzene rings is 3. The van der Waals surface area contributed by atoms with Crippen molar-refractivity contribution < 1.29 is 14.5 Å². The van der Waals surface area contributed by atoms with Crippen molar-refractivity contribution in [1.29, 1.82) is 0 Å². The molecule has 0 radical (unpaired) electrons. The molecule has 130 valence electrons. The molecule has 3 aromatic carbocycles. The summed E-state index contributed by atoms with van der Waals surface area (Å²) in [5.74, 6) is 1.16. The van der Waals surface area contributed by atoms with Crippen molar-refractivity contribution in [2.75, 3.05) is 5.32 Å². The lowest BCUT2D eigenvalue weighted by atomic mass is 10.1. The highest BCUT2D eigenvalue weighted by molar-refractivity contribution is 5.92. The summed E-state index contributed by atoms with van der Waals surface area (Å²) in [4.78, 5) is 22.3. The number of ether oxygens (including phenoxy) is 1. The van der Waals surface area contributed by atoms with E-state index < -0.39 is 4.92 Å².